The van der Waals surface area contributed by atoms with E-state index in [1.807, 2.05) is 60.3 Å². The number of likely N-dealkylation sites (tertiary alicyclic amines) is 1. The molecule has 0 radical (unpaired) electrons. The lowest BCUT2D eigenvalue weighted by atomic mass is 9.62. The molecule has 4 rings (SSSR count). The van der Waals surface area contributed by atoms with Gasteiger partial charge >= 0.3 is 0 Å². The van der Waals surface area contributed by atoms with E-state index in [0.717, 1.165) is 48.4 Å². The van der Waals surface area contributed by atoms with Crippen LogP contribution in [0.5, 0.6) is 5.75 Å². The highest BCUT2D eigenvalue weighted by atomic mass is 32.2. The van der Waals surface area contributed by atoms with Gasteiger partial charge in [-0.2, -0.15) is 0 Å². The van der Waals surface area contributed by atoms with Crippen LogP contribution in [0.15, 0.2) is 89.8 Å². The first kappa shape index (κ1) is 24.4. The molecule has 3 aromatic carbocycles. The van der Waals surface area contributed by atoms with E-state index < -0.39 is 5.41 Å². The summed E-state index contributed by atoms with van der Waals surface area (Å²) >= 11 is 1.87. The van der Waals surface area contributed by atoms with Crippen LogP contribution >= 0.6 is 11.8 Å². The molecule has 0 aromatic heterocycles. The van der Waals surface area contributed by atoms with E-state index in [4.69, 9.17) is 10.5 Å². The number of hydrogen-bond acceptors (Lipinski definition) is 4. The molecule has 0 bridgehead atoms. The molecule has 1 aliphatic heterocycles. The van der Waals surface area contributed by atoms with Crippen molar-refractivity contribution in [2.75, 3.05) is 26.5 Å². The van der Waals surface area contributed by atoms with Crippen LogP contribution in [0, 0.1) is 5.92 Å². The van der Waals surface area contributed by atoms with E-state index in [1.165, 1.54) is 4.90 Å². The van der Waals surface area contributed by atoms with Gasteiger partial charge in [0.1, 0.15) is 11.2 Å². The van der Waals surface area contributed by atoms with Crippen molar-refractivity contribution in [1.29, 1.82) is 0 Å². The minimum atomic E-state index is -0.846. The maximum absolute atomic E-state index is 13.4. The quantitative estimate of drug-likeness (QED) is 0.317. The molecule has 0 spiro atoms. The van der Waals surface area contributed by atoms with Crippen LogP contribution in [-0.2, 0) is 10.2 Å². The maximum Gasteiger partial charge on any atom is 0.232 e. The molecule has 0 aliphatic carbocycles. The van der Waals surface area contributed by atoms with Gasteiger partial charge in [0.2, 0.25) is 5.91 Å². The molecule has 0 unspecified atom stereocenters. The summed E-state index contributed by atoms with van der Waals surface area (Å²) in [5.74, 6) is 1.77. The molecule has 2 N–H and O–H groups in total. The summed E-state index contributed by atoms with van der Waals surface area (Å²) in [6, 6.07) is 28.8. The Balaban J connectivity index is 1.57. The SMILES string of the molecule is COc1ccc(SCCC[C@H]2[C@H](C(C(N)=O)(c3ccccc3)c3ccccc3)CCN2C)cc1. The minimum Gasteiger partial charge on any atom is -0.497 e. The third-order valence-corrected chi connectivity index (χ3v) is 8.30. The van der Waals surface area contributed by atoms with Gasteiger partial charge in [-0.3, -0.25) is 4.79 Å². The number of hydrogen-bond donors (Lipinski definition) is 1. The third-order valence-electron chi connectivity index (χ3n) is 7.20. The van der Waals surface area contributed by atoms with Gasteiger partial charge in [0.15, 0.2) is 0 Å². The molecule has 34 heavy (non-hydrogen) atoms. The number of rotatable bonds is 10. The summed E-state index contributed by atoms with van der Waals surface area (Å²) in [6.07, 6.45) is 3.04. The Hall–Kier alpha value is -2.76. The smallest absolute Gasteiger partial charge is 0.232 e. The second-order valence-electron chi connectivity index (χ2n) is 9.01. The number of ether oxygens (including phenoxy) is 1. The molecule has 3 aromatic rings. The van der Waals surface area contributed by atoms with E-state index in [-0.39, 0.29) is 17.9 Å². The fourth-order valence-electron chi connectivity index (χ4n) is 5.55. The Labute approximate surface area is 207 Å². The molecule has 1 aliphatic rings. The topological polar surface area (TPSA) is 55.6 Å². The first-order valence-corrected chi connectivity index (χ1v) is 12.9. The number of thioether (sulfide) groups is 1. The molecule has 1 amide bonds. The van der Waals surface area contributed by atoms with Crippen LogP contribution in [0.1, 0.15) is 30.4 Å². The van der Waals surface area contributed by atoms with Crippen LogP contribution < -0.4 is 10.5 Å². The minimum absolute atomic E-state index is 0.116. The standard InChI is InChI=1S/C29H34N2O2S/c1-31-20-19-26(27(31)14-9-21-34-25-17-15-24(33-2)16-18-25)29(28(30)32,22-10-5-3-6-11-22)23-12-7-4-8-13-23/h3-8,10-13,15-18,26-27H,9,14,19-21H2,1-2H3,(H2,30,32)/t26-,27+/m1/s1. The van der Waals surface area contributed by atoms with Crippen LogP contribution in [0.4, 0.5) is 0 Å². The number of methoxy groups -OCH3 is 1. The number of nitrogens with zero attached hydrogens (tertiary/aromatic N) is 1. The molecule has 2 atom stereocenters. The van der Waals surface area contributed by atoms with Crippen molar-refractivity contribution in [1.82, 2.24) is 4.90 Å². The second kappa shape index (κ2) is 11.1. The van der Waals surface area contributed by atoms with Crippen molar-refractivity contribution >= 4 is 17.7 Å². The molecule has 1 saturated heterocycles. The van der Waals surface area contributed by atoms with Crippen molar-refractivity contribution < 1.29 is 9.53 Å². The molecular formula is C29H34N2O2S. The summed E-state index contributed by atoms with van der Waals surface area (Å²) in [6.45, 7) is 0.968. The van der Waals surface area contributed by atoms with Crippen LogP contribution in [0.2, 0.25) is 0 Å². The second-order valence-corrected chi connectivity index (χ2v) is 10.2. The van der Waals surface area contributed by atoms with Crippen LogP contribution in [0.3, 0.4) is 0 Å². The number of benzene rings is 3. The normalized spacial score (nSPS) is 18.6. The van der Waals surface area contributed by atoms with Gasteiger partial charge in [-0.05, 0) is 79.9 Å². The Morgan fingerprint density at radius 1 is 1.00 bits per heavy atom. The molecule has 1 fully saturated rings. The zero-order valence-electron chi connectivity index (χ0n) is 20.0. The molecule has 1 heterocycles. The average molecular weight is 475 g/mol. The maximum atomic E-state index is 13.4. The molecule has 4 nitrogen and oxygen atoms in total. The first-order chi connectivity index (χ1) is 16.6. The first-order valence-electron chi connectivity index (χ1n) is 12.0. The summed E-state index contributed by atoms with van der Waals surface area (Å²) in [5, 5.41) is 0. The number of primary amides is 1. The number of carbonyl (C=O) groups is 1. The van der Waals surface area contributed by atoms with Crippen LogP contribution in [-0.4, -0.2) is 43.3 Å². The van der Waals surface area contributed by atoms with E-state index in [2.05, 4.69) is 48.3 Å². The Morgan fingerprint density at radius 3 is 2.12 bits per heavy atom. The fourth-order valence-corrected chi connectivity index (χ4v) is 6.43. The summed E-state index contributed by atoms with van der Waals surface area (Å²) in [4.78, 5) is 17.1. The van der Waals surface area contributed by atoms with Gasteiger partial charge in [-0.25, -0.2) is 0 Å². The lowest BCUT2D eigenvalue weighted by molar-refractivity contribution is -0.124. The summed E-state index contributed by atoms with van der Waals surface area (Å²) in [5.41, 5.74) is 7.44. The monoisotopic (exact) mass is 474 g/mol. The van der Waals surface area contributed by atoms with E-state index >= 15 is 0 Å². The fraction of sp³-hybridized carbons (Fsp3) is 0.345. The Bertz CT molecular complexity index is 1020. The van der Waals surface area contributed by atoms with Crippen LogP contribution in [0.25, 0.3) is 0 Å². The Kier molecular flexibility index (Phi) is 7.96. The highest BCUT2D eigenvalue weighted by Gasteiger charge is 2.52. The van der Waals surface area contributed by atoms with Crippen molar-refractivity contribution in [3.05, 3.63) is 96.1 Å². The van der Waals surface area contributed by atoms with E-state index in [0.29, 0.717) is 0 Å². The third kappa shape index (κ3) is 4.86. The molecule has 178 valence electrons. The summed E-state index contributed by atoms with van der Waals surface area (Å²) < 4.78 is 5.26. The number of amides is 1. The van der Waals surface area contributed by atoms with Gasteiger partial charge in [-0.1, -0.05) is 60.7 Å². The number of nitrogens with two attached hydrogens (primary N) is 1. The van der Waals surface area contributed by atoms with Crippen molar-refractivity contribution in [3.8, 4) is 5.75 Å². The van der Waals surface area contributed by atoms with Gasteiger partial charge in [0, 0.05) is 10.9 Å². The highest BCUT2D eigenvalue weighted by molar-refractivity contribution is 7.99. The Morgan fingerprint density at radius 2 is 1.59 bits per heavy atom. The van der Waals surface area contributed by atoms with Gasteiger partial charge in [0.05, 0.1) is 7.11 Å². The number of carbonyl (C=O) groups excluding carboxylic acids is 1. The van der Waals surface area contributed by atoms with Gasteiger partial charge in [0.25, 0.3) is 0 Å². The highest BCUT2D eigenvalue weighted by Crippen LogP contribution is 2.47. The predicted molar refractivity (Wildman–Crippen MR) is 140 cm³/mol. The van der Waals surface area contributed by atoms with Crippen molar-refractivity contribution in [3.63, 3.8) is 0 Å². The lowest BCUT2D eigenvalue weighted by Crippen LogP contribution is -2.52. The molecule has 5 heteroatoms. The average Bonchev–Trinajstić information content (AvgIpc) is 3.24. The molecular weight excluding hydrogens is 440 g/mol. The van der Waals surface area contributed by atoms with Crippen molar-refractivity contribution in [2.24, 2.45) is 11.7 Å². The molecule has 0 saturated carbocycles. The van der Waals surface area contributed by atoms with E-state index in [1.54, 1.807) is 7.11 Å². The lowest BCUT2D eigenvalue weighted by Gasteiger charge is -2.41. The van der Waals surface area contributed by atoms with Crippen molar-refractivity contribution in [2.45, 2.75) is 35.6 Å². The van der Waals surface area contributed by atoms with Gasteiger partial charge < -0.3 is 15.4 Å². The predicted octanol–water partition coefficient (Wildman–Crippen LogP) is 5.36. The summed E-state index contributed by atoms with van der Waals surface area (Å²) in [7, 11) is 3.87. The largest absolute Gasteiger partial charge is 0.497 e. The van der Waals surface area contributed by atoms with E-state index in [9.17, 15) is 4.79 Å². The zero-order chi connectivity index (χ0) is 24.0. The van der Waals surface area contributed by atoms with Gasteiger partial charge in [-0.15, -0.1) is 11.8 Å². The zero-order valence-corrected chi connectivity index (χ0v) is 20.8.